The van der Waals surface area contributed by atoms with E-state index < -0.39 is 11.6 Å². The molecule has 0 radical (unpaired) electrons. The van der Waals surface area contributed by atoms with Gasteiger partial charge in [-0.1, -0.05) is 19.3 Å². The van der Waals surface area contributed by atoms with Crippen LogP contribution < -0.4 is 16.0 Å². The second kappa shape index (κ2) is 7.96. The molecule has 2 fully saturated rings. The van der Waals surface area contributed by atoms with Crippen molar-refractivity contribution < 1.29 is 14.7 Å². The van der Waals surface area contributed by atoms with Crippen LogP contribution in [0, 0.1) is 5.92 Å². The highest BCUT2D eigenvalue weighted by molar-refractivity contribution is 5.91. The van der Waals surface area contributed by atoms with E-state index in [0.717, 1.165) is 19.3 Å². The van der Waals surface area contributed by atoms with Crippen LogP contribution in [-0.4, -0.2) is 48.2 Å². The maximum Gasteiger partial charge on any atom is 0.245 e. The van der Waals surface area contributed by atoms with Gasteiger partial charge in [0.15, 0.2) is 0 Å². The van der Waals surface area contributed by atoms with Crippen molar-refractivity contribution in [3.63, 3.8) is 0 Å². The molecule has 2 aliphatic rings. The Morgan fingerprint density at radius 2 is 1.90 bits per heavy atom. The number of β-amino-alcohol motifs (C(OH)–C–C–N with tert-alkyl or cyclic N) is 1. The van der Waals surface area contributed by atoms with Gasteiger partial charge in [-0.2, -0.15) is 0 Å². The van der Waals surface area contributed by atoms with Gasteiger partial charge in [0, 0.05) is 32.5 Å². The largest absolute Gasteiger partial charge is 0.391 e. The van der Waals surface area contributed by atoms with Gasteiger partial charge in [-0.05, 0) is 12.8 Å². The molecule has 1 heterocycles. The highest BCUT2D eigenvalue weighted by atomic mass is 35.5. The van der Waals surface area contributed by atoms with Crippen molar-refractivity contribution in [1.82, 2.24) is 16.0 Å². The van der Waals surface area contributed by atoms with Gasteiger partial charge in [0.2, 0.25) is 11.8 Å². The molecule has 0 spiro atoms. The molecule has 0 bridgehead atoms. The van der Waals surface area contributed by atoms with E-state index in [1.807, 2.05) is 0 Å². The van der Waals surface area contributed by atoms with Gasteiger partial charge in [0.1, 0.15) is 5.54 Å². The Morgan fingerprint density at radius 3 is 2.43 bits per heavy atom. The first-order chi connectivity index (χ1) is 9.53. The SMILES string of the molecule is CC(=O)NC1(C(=O)NCC2CNCC2O)CCCCC1.Cl. The van der Waals surface area contributed by atoms with Crippen molar-refractivity contribution in [2.24, 2.45) is 5.92 Å². The van der Waals surface area contributed by atoms with E-state index in [2.05, 4.69) is 16.0 Å². The van der Waals surface area contributed by atoms with Crippen LogP contribution in [0.1, 0.15) is 39.0 Å². The molecule has 2 unspecified atom stereocenters. The van der Waals surface area contributed by atoms with Gasteiger partial charge in [0.05, 0.1) is 6.10 Å². The maximum absolute atomic E-state index is 12.5. The minimum Gasteiger partial charge on any atom is -0.391 e. The molecule has 2 amide bonds. The summed E-state index contributed by atoms with van der Waals surface area (Å²) in [6.45, 7) is 3.20. The molecule has 0 aromatic carbocycles. The van der Waals surface area contributed by atoms with Crippen molar-refractivity contribution in [3.05, 3.63) is 0 Å². The van der Waals surface area contributed by atoms with Gasteiger partial charge < -0.3 is 21.1 Å². The van der Waals surface area contributed by atoms with E-state index in [0.29, 0.717) is 32.5 Å². The van der Waals surface area contributed by atoms with Crippen molar-refractivity contribution in [2.75, 3.05) is 19.6 Å². The number of nitrogens with one attached hydrogen (secondary N) is 3. The number of carbonyl (C=O) groups is 2. The summed E-state index contributed by atoms with van der Waals surface area (Å²) in [6.07, 6.45) is 4.02. The summed E-state index contributed by atoms with van der Waals surface area (Å²) in [4.78, 5) is 23.9. The lowest BCUT2D eigenvalue weighted by atomic mass is 9.80. The minimum absolute atomic E-state index is 0. The first kappa shape index (κ1) is 18.2. The molecule has 1 saturated carbocycles. The Hall–Kier alpha value is -0.850. The van der Waals surface area contributed by atoms with Crippen LogP contribution in [0.15, 0.2) is 0 Å². The lowest BCUT2D eigenvalue weighted by Crippen LogP contribution is -2.60. The zero-order chi connectivity index (χ0) is 14.6. The van der Waals surface area contributed by atoms with Crippen LogP contribution in [0.25, 0.3) is 0 Å². The van der Waals surface area contributed by atoms with Crippen molar-refractivity contribution in [1.29, 1.82) is 0 Å². The second-order valence-corrected chi connectivity index (χ2v) is 6.02. The standard InChI is InChI=1S/C14H25N3O3.ClH/c1-10(18)17-14(5-3-2-4-6-14)13(20)16-8-11-7-15-9-12(11)19;/h11-12,15,19H,2-9H2,1H3,(H,16,20)(H,17,18);1H. The van der Waals surface area contributed by atoms with E-state index in [4.69, 9.17) is 0 Å². The predicted molar refractivity (Wildman–Crippen MR) is 82.3 cm³/mol. The zero-order valence-corrected chi connectivity index (χ0v) is 13.3. The van der Waals surface area contributed by atoms with E-state index in [9.17, 15) is 14.7 Å². The van der Waals surface area contributed by atoms with Gasteiger partial charge in [-0.25, -0.2) is 0 Å². The average Bonchev–Trinajstić information content (AvgIpc) is 2.81. The molecule has 6 nitrogen and oxygen atoms in total. The van der Waals surface area contributed by atoms with E-state index >= 15 is 0 Å². The highest BCUT2D eigenvalue weighted by Gasteiger charge is 2.40. The smallest absolute Gasteiger partial charge is 0.245 e. The summed E-state index contributed by atoms with van der Waals surface area (Å²) in [5.74, 6) is -0.215. The molecule has 4 N–H and O–H groups in total. The van der Waals surface area contributed by atoms with E-state index in [1.165, 1.54) is 6.92 Å². The van der Waals surface area contributed by atoms with E-state index in [1.54, 1.807) is 0 Å². The van der Waals surface area contributed by atoms with Crippen LogP contribution in [0.5, 0.6) is 0 Å². The molecule has 1 aliphatic heterocycles. The van der Waals surface area contributed by atoms with Crippen molar-refractivity contribution >= 4 is 24.2 Å². The van der Waals surface area contributed by atoms with Crippen LogP contribution in [0.2, 0.25) is 0 Å². The second-order valence-electron chi connectivity index (χ2n) is 6.02. The molecule has 122 valence electrons. The fourth-order valence-corrected chi connectivity index (χ4v) is 3.22. The fraction of sp³-hybridized carbons (Fsp3) is 0.857. The molecule has 2 atom stereocenters. The molecular formula is C14H26ClN3O3. The first-order valence-electron chi connectivity index (χ1n) is 7.49. The number of hydrogen-bond acceptors (Lipinski definition) is 4. The molecule has 7 heteroatoms. The van der Waals surface area contributed by atoms with Gasteiger partial charge >= 0.3 is 0 Å². The van der Waals surface area contributed by atoms with Crippen molar-refractivity contribution in [3.8, 4) is 0 Å². The summed E-state index contributed by atoms with van der Waals surface area (Å²) in [6, 6.07) is 0. The van der Waals surface area contributed by atoms with E-state index in [-0.39, 0.29) is 30.1 Å². The first-order valence-corrected chi connectivity index (χ1v) is 7.49. The van der Waals surface area contributed by atoms with Crippen LogP contribution in [-0.2, 0) is 9.59 Å². The maximum atomic E-state index is 12.5. The fourth-order valence-electron chi connectivity index (χ4n) is 3.22. The lowest BCUT2D eigenvalue weighted by Gasteiger charge is -2.36. The average molecular weight is 320 g/mol. The number of carbonyl (C=O) groups excluding carboxylic acids is 2. The Balaban J connectivity index is 0.00000220. The number of halogens is 1. The normalized spacial score (nSPS) is 27.5. The molecule has 2 rings (SSSR count). The Morgan fingerprint density at radius 1 is 1.24 bits per heavy atom. The van der Waals surface area contributed by atoms with Crippen LogP contribution in [0.3, 0.4) is 0 Å². The third-order valence-corrected chi connectivity index (χ3v) is 4.39. The molecule has 1 saturated heterocycles. The van der Waals surface area contributed by atoms with Gasteiger partial charge in [-0.3, -0.25) is 9.59 Å². The number of aliphatic hydroxyl groups is 1. The summed E-state index contributed by atoms with van der Waals surface area (Å²) in [5.41, 5.74) is -0.749. The molecular weight excluding hydrogens is 294 g/mol. The number of hydrogen-bond donors (Lipinski definition) is 4. The summed E-state index contributed by atoms with van der Waals surface area (Å²) in [7, 11) is 0. The minimum atomic E-state index is -0.749. The Bertz CT molecular complexity index is 372. The Kier molecular flexibility index (Phi) is 6.90. The van der Waals surface area contributed by atoms with Gasteiger partial charge in [-0.15, -0.1) is 12.4 Å². The highest BCUT2D eigenvalue weighted by Crippen LogP contribution is 2.28. The molecule has 1 aliphatic carbocycles. The van der Waals surface area contributed by atoms with Crippen molar-refractivity contribution in [2.45, 2.75) is 50.7 Å². The third kappa shape index (κ3) is 4.56. The summed E-state index contributed by atoms with van der Waals surface area (Å²) in [5, 5.41) is 18.6. The monoisotopic (exact) mass is 319 g/mol. The molecule has 0 aromatic rings. The molecule has 21 heavy (non-hydrogen) atoms. The Labute approximate surface area is 131 Å². The predicted octanol–water partition coefficient (Wildman–Crippen LogP) is -0.0563. The number of amides is 2. The third-order valence-electron chi connectivity index (χ3n) is 4.39. The lowest BCUT2D eigenvalue weighted by molar-refractivity contribution is -0.134. The summed E-state index contributed by atoms with van der Waals surface area (Å²) < 4.78 is 0. The summed E-state index contributed by atoms with van der Waals surface area (Å²) >= 11 is 0. The quantitative estimate of drug-likeness (QED) is 0.584. The van der Waals surface area contributed by atoms with Gasteiger partial charge in [0.25, 0.3) is 0 Å². The van der Waals surface area contributed by atoms with Crippen LogP contribution >= 0.6 is 12.4 Å². The number of aliphatic hydroxyl groups excluding tert-OH is 1. The number of rotatable bonds is 4. The molecule has 0 aromatic heterocycles. The topological polar surface area (TPSA) is 90.5 Å². The van der Waals surface area contributed by atoms with Crippen LogP contribution in [0.4, 0.5) is 0 Å². The zero-order valence-electron chi connectivity index (χ0n) is 12.5.